The van der Waals surface area contributed by atoms with Gasteiger partial charge in [0.15, 0.2) is 0 Å². The van der Waals surface area contributed by atoms with E-state index < -0.39 is 0 Å². The van der Waals surface area contributed by atoms with Gasteiger partial charge in [-0.05, 0) is 57.9 Å². The van der Waals surface area contributed by atoms with Crippen molar-refractivity contribution in [3.05, 3.63) is 29.3 Å². The average molecular weight is 275 g/mol. The number of fused-ring (bicyclic) bond motifs is 1. The summed E-state index contributed by atoms with van der Waals surface area (Å²) >= 11 is 0. The molecular formula is C17H25NO2. The van der Waals surface area contributed by atoms with Crippen molar-refractivity contribution >= 4 is 0 Å². The maximum Gasteiger partial charge on any atom is 0.123 e. The molecule has 2 unspecified atom stereocenters. The summed E-state index contributed by atoms with van der Waals surface area (Å²) in [5.41, 5.74) is 2.44. The van der Waals surface area contributed by atoms with Crippen LogP contribution in [0.5, 0.6) is 5.75 Å². The van der Waals surface area contributed by atoms with Crippen molar-refractivity contribution in [2.24, 2.45) is 0 Å². The molecule has 20 heavy (non-hydrogen) atoms. The van der Waals surface area contributed by atoms with E-state index in [9.17, 15) is 0 Å². The smallest absolute Gasteiger partial charge is 0.123 e. The van der Waals surface area contributed by atoms with Crippen molar-refractivity contribution in [1.82, 2.24) is 5.32 Å². The van der Waals surface area contributed by atoms with Gasteiger partial charge in [0.1, 0.15) is 11.4 Å². The Bertz CT molecular complexity index is 504. The molecular weight excluding hydrogens is 250 g/mol. The minimum absolute atomic E-state index is 0.0795. The minimum atomic E-state index is -0.0992. The molecule has 1 saturated heterocycles. The number of likely N-dealkylation sites (N-methyl/N-ethyl adjacent to an activating group) is 1. The summed E-state index contributed by atoms with van der Waals surface area (Å²) in [5, 5.41) is 3.45. The van der Waals surface area contributed by atoms with Gasteiger partial charge in [0, 0.05) is 13.0 Å². The molecule has 2 aliphatic heterocycles. The van der Waals surface area contributed by atoms with Crippen LogP contribution in [-0.4, -0.2) is 24.9 Å². The summed E-state index contributed by atoms with van der Waals surface area (Å²) in [6.45, 7) is 7.37. The molecule has 3 heteroatoms. The first kappa shape index (κ1) is 13.9. The van der Waals surface area contributed by atoms with Gasteiger partial charge >= 0.3 is 0 Å². The quantitative estimate of drug-likeness (QED) is 0.918. The molecule has 1 aromatic rings. The highest BCUT2D eigenvalue weighted by atomic mass is 16.5. The van der Waals surface area contributed by atoms with Gasteiger partial charge in [-0.2, -0.15) is 0 Å². The molecule has 1 fully saturated rings. The number of rotatable bonds is 3. The lowest BCUT2D eigenvalue weighted by atomic mass is 9.86. The second-order valence-corrected chi connectivity index (χ2v) is 6.89. The molecule has 0 saturated carbocycles. The standard InChI is InChI=1S/C17H25NO2/c1-16(2)11-13-10-12(6-7-14(13)20-16)15(18-4)17(3)8-5-9-19-17/h6-7,10,15,18H,5,8-9,11H2,1-4H3. The molecule has 0 amide bonds. The van der Waals surface area contributed by atoms with Gasteiger partial charge < -0.3 is 14.8 Å². The maximum absolute atomic E-state index is 6.01. The lowest BCUT2D eigenvalue weighted by Crippen LogP contribution is -2.39. The molecule has 0 aromatic heterocycles. The highest BCUT2D eigenvalue weighted by molar-refractivity contribution is 5.43. The minimum Gasteiger partial charge on any atom is -0.487 e. The van der Waals surface area contributed by atoms with Gasteiger partial charge in [0.25, 0.3) is 0 Å². The Morgan fingerprint density at radius 1 is 1.25 bits per heavy atom. The van der Waals surface area contributed by atoms with Crippen molar-refractivity contribution in [3.8, 4) is 5.75 Å². The average Bonchev–Trinajstić information content (AvgIpc) is 2.92. The van der Waals surface area contributed by atoms with Crippen LogP contribution in [0.25, 0.3) is 0 Å². The van der Waals surface area contributed by atoms with E-state index in [2.05, 4.69) is 44.3 Å². The van der Waals surface area contributed by atoms with Crippen LogP contribution in [0.4, 0.5) is 0 Å². The van der Waals surface area contributed by atoms with Crippen LogP contribution in [0, 0.1) is 0 Å². The van der Waals surface area contributed by atoms with Gasteiger partial charge in [-0.15, -0.1) is 0 Å². The fourth-order valence-corrected chi connectivity index (χ4v) is 3.66. The highest BCUT2D eigenvalue weighted by Crippen LogP contribution is 2.41. The number of nitrogens with one attached hydrogen (secondary N) is 1. The second kappa shape index (κ2) is 4.74. The van der Waals surface area contributed by atoms with Crippen LogP contribution in [0.3, 0.4) is 0 Å². The Kier molecular flexibility index (Phi) is 3.30. The maximum atomic E-state index is 6.01. The van der Waals surface area contributed by atoms with Crippen molar-refractivity contribution in [2.45, 2.75) is 57.3 Å². The predicted octanol–water partition coefficient (Wildman–Crippen LogP) is 3.23. The Morgan fingerprint density at radius 2 is 2.05 bits per heavy atom. The monoisotopic (exact) mass is 275 g/mol. The van der Waals surface area contributed by atoms with Crippen LogP contribution >= 0.6 is 0 Å². The normalized spacial score (nSPS) is 29.0. The molecule has 2 aliphatic rings. The van der Waals surface area contributed by atoms with E-state index in [-0.39, 0.29) is 17.2 Å². The predicted molar refractivity (Wildman–Crippen MR) is 80.2 cm³/mol. The molecule has 110 valence electrons. The van der Waals surface area contributed by atoms with Crippen LogP contribution in [0.1, 0.15) is 50.8 Å². The number of hydrogen-bond donors (Lipinski definition) is 1. The van der Waals surface area contributed by atoms with E-state index in [0.29, 0.717) is 0 Å². The third kappa shape index (κ3) is 2.33. The lowest BCUT2D eigenvalue weighted by molar-refractivity contribution is -0.0104. The number of ether oxygens (including phenoxy) is 2. The fraction of sp³-hybridized carbons (Fsp3) is 0.647. The van der Waals surface area contributed by atoms with E-state index in [1.165, 1.54) is 11.1 Å². The van der Waals surface area contributed by atoms with Gasteiger partial charge in [-0.3, -0.25) is 0 Å². The summed E-state index contributed by atoms with van der Waals surface area (Å²) in [6.07, 6.45) is 3.23. The molecule has 0 radical (unpaired) electrons. The molecule has 1 N–H and O–H groups in total. The zero-order valence-corrected chi connectivity index (χ0v) is 13.0. The summed E-state index contributed by atoms with van der Waals surface area (Å²) < 4.78 is 12.0. The Hall–Kier alpha value is -1.06. The third-order valence-corrected chi connectivity index (χ3v) is 4.57. The van der Waals surface area contributed by atoms with E-state index in [4.69, 9.17) is 9.47 Å². The molecule has 3 nitrogen and oxygen atoms in total. The van der Waals surface area contributed by atoms with Gasteiger partial charge in [0.05, 0.1) is 11.6 Å². The van der Waals surface area contributed by atoms with E-state index in [1.54, 1.807) is 0 Å². The molecule has 3 rings (SSSR count). The summed E-state index contributed by atoms with van der Waals surface area (Å²) in [4.78, 5) is 0. The summed E-state index contributed by atoms with van der Waals surface area (Å²) in [7, 11) is 2.02. The molecule has 0 spiro atoms. The Labute approximate surface area is 121 Å². The largest absolute Gasteiger partial charge is 0.487 e. The molecule has 1 aromatic carbocycles. The Balaban J connectivity index is 1.91. The molecule has 2 atom stereocenters. The van der Waals surface area contributed by atoms with E-state index in [1.807, 2.05) is 7.05 Å². The topological polar surface area (TPSA) is 30.5 Å². The SMILES string of the molecule is CNC(c1ccc2c(c1)CC(C)(C)O2)C1(C)CCCO1. The van der Waals surface area contributed by atoms with Crippen LogP contribution in [-0.2, 0) is 11.2 Å². The number of benzene rings is 1. The number of hydrogen-bond acceptors (Lipinski definition) is 3. The highest BCUT2D eigenvalue weighted by Gasteiger charge is 2.39. The first-order valence-electron chi connectivity index (χ1n) is 7.57. The van der Waals surface area contributed by atoms with Gasteiger partial charge in [0.2, 0.25) is 0 Å². The Morgan fingerprint density at radius 3 is 2.70 bits per heavy atom. The first-order chi connectivity index (χ1) is 9.43. The molecule has 0 aliphatic carbocycles. The zero-order chi connectivity index (χ0) is 14.4. The van der Waals surface area contributed by atoms with Crippen LogP contribution in [0.15, 0.2) is 18.2 Å². The second-order valence-electron chi connectivity index (χ2n) is 6.89. The summed E-state index contributed by atoms with van der Waals surface area (Å²) in [6, 6.07) is 6.81. The van der Waals surface area contributed by atoms with Gasteiger partial charge in [-0.25, -0.2) is 0 Å². The van der Waals surface area contributed by atoms with Crippen molar-refractivity contribution in [1.29, 1.82) is 0 Å². The molecule has 2 heterocycles. The van der Waals surface area contributed by atoms with E-state index in [0.717, 1.165) is 31.6 Å². The fourth-order valence-electron chi connectivity index (χ4n) is 3.66. The summed E-state index contributed by atoms with van der Waals surface area (Å²) in [5.74, 6) is 1.03. The van der Waals surface area contributed by atoms with E-state index >= 15 is 0 Å². The van der Waals surface area contributed by atoms with Crippen molar-refractivity contribution in [3.63, 3.8) is 0 Å². The lowest BCUT2D eigenvalue weighted by Gasteiger charge is -2.33. The first-order valence-corrected chi connectivity index (χ1v) is 7.57. The zero-order valence-electron chi connectivity index (χ0n) is 13.0. The van der Waals surface area contributed by atoms with Crippen LogP contribution in [0.2, 0.25) is 0 Å². The van der Waals surface area contributed by atoms with Gasteiger partial charge in [-0.1, -0.05) is 12.1 Å². The van der Waals surface area contributed by atoms with Crippen LogP contribution < -0.4 is 10.1 Å². The van der Waals surface area contributed by atoms with Crippen molar-refractivity contribution in [2.75, 3.05) is 13.7 Å². The molecule has 0 bridgehead atoms. The third-order valence-electron chi connectivity index (χ3n) is 4.57. The van der Waals surface area contributed by atoms with Crippen molar-refractivity contribution < 1.29 is 9.47 Å².